The predicted octanol–water partition coefficient (Wildman–Crippen LogP) is 3.31. The van der Waals surface area contributed by atoms with E-state index >= 15 is 0 Å². The first-order valence-corrected chi connectivity index (χ1v) is 8.02. The van der Waals surface area contributed by atoms with Crippen LogP contribution in [-0.4, -0.2) is 23.0 Å². The number of carboxylic acids is 1. The molecule has 1 saturated carbocycles. The van der Waals surface area contributed by atoms with E-state index in [1.54, 1.807) is 0 Å². The summed E-state index contributed by atoms with van der Waals surface area (Å²) >= 11 is 3.39. The second-order valence-corrected chi connectivity index (χ2v) is 6.69. The molecule has 0 saturated heterocycles. The van der Waals surface area contributed by atoms with Crippen LogP contribution in [0.1, 0.15) is 44.1 Å². The van der Waals surface area contributed by atoms with Crippen molar-refractivity contribution in [3.05, 3.63) is 34.3 Å². The van der Waals surface area contributed by atoms with E-state index in [-0.39, 0.29) is 23.8 Å². The number of carbonyl (C=O) groups is 2. The number of halogens is 1. The van der Waals surface area contributed by atoms with Crippen molar-refractivity contribution < 1.29 is 14.7 Å². The monoisotopic (exact) mass is 353 g/mol. The van der Waals surface area contributed by atoms with Crippen molar-refractivity contribution in [2.75, 3.05) is 0 Å². The molecule has 0 spiro atoms. The van der Waals surface area contributed by atoms with Crippen LogP contribution in [0.25, 0.3) is 0 Å². The Morgan fingerprint density at radius 2 is 2.00 bits per heavy atom. The second kappa shape index (κ2) is 7.07. The number of nitrogens with one attached hydrogen (secondary N) is 1. The fraction of sp³-hybridized carbons (Fsp3) is 0.500. The van der Waals surface area contributed by atoms with Crippen molar-refractivity contribution in [2.45, 2.75) is 44.6 Å². The largest absolute Gasteiger partial charge is 0.481 e. The summed E-state index contributed by atoms with van der Waals surface area (Å²) in [7, 11) is 0. The zero-order chi connectivity index (χ0) is 15.4. The third-order valence-electron chi connectivity index (χ3n) is 4.08. The molecule has 1 aromatic carbocycles. The Labute approximate surface area is 133 Å². The van der Waals surface area contributed by atoms with Gasteiger partial charge in [0.15, 0.2) is 0 Å². The first-order chi connectivity index (χ1) is 9.95. The average molecular weight is 354 g/mol. The SMILES string of the molecule is CC(CC(=O)NC1CCC(C(=O)O)C1)c1ccc(Br)cc1. The van der Waals surface area contributed by atoms with Crippen LogP contribution >= 0.6 is 15.9 Å². The molecule has 3 atom stereocenters. The van der Waals surface area contributed by atoms with E-state index in [1.807, 2.05) is 31.2 Å². The van der Waals surface area contributed by atoms with E-state index in [2.05, 4.69) is 21.2 Å². The maximum atomic E-state index is 12.1. The Morgan fingerprint density at radius 3 is 2.57 bits per heavy atom. The summed E-state index contributed by atoms with van der Waals surface area (Å²) < 4.78 is 1.02. The molecule has 3 unspecified atom stereocenters. The lowest BCUT2D eigenvalue weighted by Gasteiger charge is -2.16. The molecule has 1 amide bonds. The number of carboxylic acid groups (broad SMARTS) is 1. The molecule has 1 aliphatic carbocycles. The van der Waals surface area contributed by atoms with Crippen molar-refractivity contribution in [2.24, 2.45) is 5.92 Å². The van der Waals surface area contributed by atoms with Crippen molar-refractivity contribution >= 4 is 27.8 Å². The van der Waals surface area contributed by atoms with Crippen molar-refractivity contribution in [3.8, 4) is 0 Å². The van der Waals surface area contributed by atoms with Crippen molar-refractivity contribution in [1.29, 1.82) is 0 Å². The Bertz CT molecular complexity index is 515. The van der Waals surface area contributed by atoms with Crippen LogP contribution in [0.5, 0.6) is 0 Å². The van der Waals surface area contributed by atoms with Gasteiger partial charge in [0.1, 0.15) is 0 Å². The fourth-order valence-corrected chi connectivity index (χ4v) is 3.08. The summed E-state index contributed by atoms with van der Waals surface area (Å²) in [5.74, 6) is -0.912. The minimum atomic E-state index is -0.755. The molecule has 114 valence electrons. The summed E-state index contributed by atoms with van der Waals surface area (Å²) in [6.07, 6.45) is 2.39. The van der Waals surface area contributed by atoms with Gasteiger partial charge in [0.25, 0.3) is 0 Å². The molecule has 0 aromatic heterocycles. The molecule has 0 aliphatic heterocycles. The van der Waals surface area contributed by atoms with Crippen LogP contribution in [0.4, 0.5) is 0 Å². The molecule has 4 nitrogen and oxygen atoms in total. The quantitative estimate of drug-likeness (QED) is 0.853. The molecule has 1 fully saturated rings. The van der Waals surface area contributed by atoms with Gasteiger partial charge in [-0.05, 0) is 42.9 Å². The molecule has 1 aliphatic rings. The van der Waals surface area contributed by atoms with Gasteiger partial charge in [0.2, 0.25) is 5.91 Å². The third-order valence-corrected chi connectivity index (χ3v) is 4.61. The molecule has 0 heterocycles. The van der Waals surface area contributed by atoms with Gasteiger partial charge in [-0.3, -0.25) is 9.59 Å². The maximum Gasteiger partial charge on any atom is 0.306 e. The molecule has 0 radical (unpaired) electrons. The minimum absolute atomic E-state index is 0.00135. The molecular formula is C16H20BrNO3. The Morgan fingerprint density at radius 1 is 1.33 bits per heavy atom. The van der Waals surface area contributed by atoms with Crippen LogP contribution < -0.4 is 5.32 Å². The zero-order valence-electron chi connectivity index (χ0n) is 12.0. The number of benzene rings is 1. The number of rotatable bonds is 5. The number of hydrogen-bond acceptors (Lipinski definition) is 2. The lowest BCUT2D eigenvalue weighted by Crippen LogP contribution is -2.33. The fourth-order valence-electron chi connectivity index (χ4n) is 2.81. The second-order valence-electron chi connectivity index (χ2n) is 5.77. The van der Waals surface area contributed by atoms with Crippen LogP contribution in [0.2, 0.25) is 0 Å². The summed E-state index contributed by atoms with van der Waals surface area (Å²) in [4.78, 5) is 23.0. The lowest BCUT2D eigenvalue weighted by atomic mass is 9.97. The molecule has 0 bridgehead atoms. The normalized spacial score (nSPS) is 22.8. The van der Waals surface area contributed by atoms with Gasteiger partial charge < -0.3 is 10.4 Å². The predicted molar refractivity (Wildman–Crippen MR) is 84.1 cm³/mol. The molecule has 21 heavy (non-hydrogen) atoms. The highest BCUT2D eigenvalue weighted by Gasteiger charge is 2.30. The van der Waals surface area contributed by atoms with Gasteiger partial charge in [-0.1, -0.05) is 35.0 Å². The first-order valence-electron chi connectivity index (χ1n) is 7.23. The highest BCUT2D eigenvalue weighted by atomic mass is 79.9. The standard InChI is InChI=1S/C16H20BrNO3/c1-10(11-2-5-13(17)6-3-11)8-15(19)18-14-7-4-12(9-14)16(20)21/h2-3,5-6,10,12,14H,4,7-9H2,1H3,(H,18,19)(H,20,21). The van der Waals surface area contributed by atoms with E-state index in [9.17, 15) is 9.59 Å². The van der Waals surface area contributed by atoms with Gasteiger partial charge in [0, 0.05) is 16.9 Å². The van der Waals surface area contributed by atoms with E-state index in [0.29, 0.717) is 19.3 Å². The summed E-state index contributed by atoms with van der Waals surface area (Å²) in [6, 6.07) is 7.97. The lowest BCUT2D eigenvalue weighted by molar-refractivity contribution is -0.141. The highest BCUT2D eigenvalue weighted by molar-refractivity contribution is 9.10. The topological polar surface area (TPSA) is 66.4 Å². The summed E-state index contributed by atoms with van der Waals surface area (Å²) in [5, 5.41) is 11.9. The third kappa shape index (κ3) is 4.56. The molecule has 5 heteroatoms. The summed E-state index contributed by atoms with van der Waals surface area (Å²) in [5.41, 5.74) is 1.13. The van der Waals surface area contributed by atoms with Crippen molar-refractivity contribution in [1.82, 2.24) is 5.32 Å². The van der Waals surface area contributed by atoms with E-state index in [1.165, 1.54) is 0 Å². The number of hydrogen-bond donors (Lipinski definition) is 2. The molecular weight excluding hydrogens is 334 g/mol. The van der Waals surface area contributed by atoms with Crippen molar-refractivity contribution in [3.63, 3.8) is 0 Å². The van der Waals surface area contributed by atoms with Gasteiger partial charge in [-0.2, -0.15) is 0 Å². The number of carbonyl (C=O) groups excluding carboxylic acids is 1. The van der Waals surface area contributed by atoms with Crippen LogP contribution in [0.3, 0.4) is 0 Å². The molecule has 2 rings (SSSR count). The van der Waals surface area contributed by atoms with E-state index in [0.717, 1.165) is 16.5 Å². The number of amides is 1. The van der Waals surface area contributed by atoms with Gasteiger partial charge in [-0.25, -0.2) is 0 Å². The Hall–Kier alpha value is -1.36. The van der Waals surface area contributed by atoms with Crippen LogP contribution in [0.15, 0.2) is 28.7 Å². The van der Waals surface area contributed by atoms with Gasteiger partial charge in [0.05, 0.1) is 5.92 Å². The number of aliphatic carboxylic acids is 1. The highest BCUT2D eigenvalue weighted by Crippen LogP contribution is 2.26. The Balaban J connectivity index is 1.82. The molecule has 1 aromatic rings. The minimum Gasteiger partial charge on any atom is -0.481 e. The smallest absolute Gasteiger partial charge is 0.306 e. The van der Waals surface area contributed by atoms with Crippen LogP contribution in [-0.2, 0) is 9.59 Å². The maximum absolute atomic E-state index is 12.1. The van der Waals surface area contributed by atoms with E-state index in [4.69, 9.17) is 5.11 Å². The molecule has 2 N–H and O–H groups in total. The first kappa shape index (κ1) is 16.0. The Kier molecular flexibility index (Phi) is 5.39. The average Bonchev–Trinajstić information content (AvgIpc) is 2.87. The summed E-state index contributed by atoms with van der Waals surface area (Å²) in [6.45, 7) is 2.03. The van der Waals surface area contributed by atoms with E-state index < -0.39 is 5.97 Å². The zero-order valence-corrected chi connectivity index (χ0v) is 13.6. The van der Waals surface area contributed by atoms with Gasteiger partial charge in [-0.15, -0.1) is 0 Å². The van der Waals surface area contributed by atoms with Gasteiger partial charge >= 0.3 is 5.97 Å². The van der Waals surface area contributed by atoms with Crippen LogP contribution in [0, 0.1) is 5.92 Å².